The Labute approximate surface area is 109 Å². The van der Waals surface area contributed by atoms with Gasteiger partial charge in [-0.2, -0.15) is 5.10 Å². The Morgan fingerprint density at radius 2 is 2.05 bits per heavy atom. The SMILES string of the molecule is Cc1cc(C(=O)CCc2ccnn2C)c(F)cc1F. The van der Waals surface area contributed by atoms with E-state index in [0.717, 1.165) is 11.8 Å². The van der Waals surface area contributed by atoms with Gasteiger partial charge in [-0.3, -0.25) is 9.48 Å². The Balaban J connectivity index is 2.12. The molecule has 0 saturated heterocycles. The van der Waals surface area contributed by atoms with Gasteiger partial charge in [0.1, 0.15) is 11.6 Å². The molecule has 100 valence electrons. The zero-order valence-electron chi connectivity index (χ0n) is 10.8. The van der Waals surface area contributed by atoms with Crippen molar-refractivity contribution in [3.05, 3.63) is 52.9 Å². The molecule has 0 saturated carbocycles. The first kappa shape index (κ1) is 13.4. The second kappa shape index (κ2) is 5.30. The maximum Gasteiger partial charge on any atom is 0.166 e. The third kappa shape index (κ3) is 2.86. The van der Waals surface area contributed by atoms with E-state index in [1.807, 2.05) is 0 Å². The van der Waals surface area contributed by atoms with E-state index >= 15 is 0 Å². The van der Waals surface area contributed by atoms with Gasteiger partial charge in [-0.05, 0) is 31.0 Å². The first-order chi connectivity index (χ1) is 8.99. The van der Waals surface area contributed by atoms with Gasteiger partial charge in [-0.15, -0.1) is 0 Å². The van der Waals surface area contributed by atoms with Crippen molar-refractivity contribution in [3.8, 4) is 0 Å². The molecule has 2 rings (SSSR count). The summed E-state index contributed by atoms with van der Waals surface area (Å²) in [6, 6.07) is 3.82. The molecule has 0 atom stereocenters. The average molecular weight is 264 g/mol. The minimum Gasteiger partial charge on any atom is -0.294 e. The lowest BCUT2D eigenvalue weighted by atomic mass is 10.0. The van der Waals surface area contributed by atoms with E-state index in [1.165, 1.54) is 13.0 Å². The van der Waals surface area contributed by atoms with E-state index in [4.69, 9.17) is 0 Å². The number of hydrogen-bond acceptors (Lipinski definition) is 2. The number of rotatable bonds is 4. The van der Waals surface area contributed by atoms with Crippen molar-refractivity contribution in [2.45, 2.75) is 19.8 Å². The van der Waals surface area contributed by atoms with E-state index in [2.05, 4.69) is 5.10 Å². The number of halogens is 2. The molecule has 0 aliphatic rings. The summed E-state index contributed by atoms with van der Waals surface area (Å²) in [4.78, 5) is 11.9. The molecule has 19 heavy (non-hydrogen) atoms. The van der Waals surface area contributed by atoms with Crippen LogP contribution in [0.15, 0.2) is 24.4 Å². The Morgan fingerprint density at radius 1 is 1.32 bits per heavy atom. The van der Waals surface area contributed by atoms with Crippen LogP contribution < -0.4 is 0 Å². The van der Waals surface area contributed by atoms with Crippen molar-refractivity contribution in [2.75, 3.05) is 0 Å². The van der Waals surface area contributed by atoms with Gasteiger partial charge >= 0.3 is 0 Å². The lowest BCUT2D eigenvalue weighted by Gasteiger charge is -2.05. The Hall–Kier alpha value is -2.04. The zero-order chi connectivity index (χ0) is 14.0. The van der Waals surface area contributed by atoms with E-state index in [1.54, 1.807) is 24.0 Å². The van der Waals surface area contributed by atoms with Gasteiger partial charge in [0.2, 0.25) is 0 Å². The number of carbonyl (C=O) groups is 1. The topological polar surface area (TPSA) is 34.9 Å². The van der Waals surface area contributed by atoms with Crippen LogP contribution >= 0.6 is 0 Å². The van der Waals surface area contributed by atoms with Crippen LogP contribution in [0.5, 0.6) is 0 Å². The molecule has 0 N–H and O–H groups in total. The van der Waals surface area contributed by atoms with Crippen LogP contribution in [-0.2, 0) is 13.5 Å². The highest BCUT2D eigenvalue weighted by Crippen LogP contribution is 2.16. The number of Topliss-reactive ketones (excluding diaryl/α,β-unsaturated/α-hetero) is 1. The molecular weight excluding hydrogens is 250 g/mol. The molecule has 0 amide bonds. The molecule has 5 heteroatoms. The highest BCUT2D eigenvalue weighted by molar-refractivity contribution is 5.96. The summed E-state index contributed by atoms with van der Waals surface area (Å²) in [6.45, 7) is 1.51. The van der Waals surface area contributed by atoms with Gasteiger partial charge in [-0.1, -0.05) is 0 Å². The largest absolute Gasteiger partial charge is 0.294 e. The summed E-state index contributed by atoms with van der Waals surface area (Å²) < 4.78 is 28.3. The first-order valence-electron chi connectivity index (χ1n) is 5.94. The van der Waals surface area contributed by atoms with Crippen LogP contribution in [0.3, 0.4) is 0 Å². The number of carbonyl (C=O) groups excluding carboxylic acids is 1. The molecule has 0 bridgehead atoms. The third-order valence-electron chi connectivity index (χ3n) is 3.08. The summed E-state index contributed by atoms with van der Waals surface area (Å²) in [6.07, 6.45) is 2.29. The minimum atomic E-state index is -0.807. The van der Waals surface area contributed by atoms with Crippen LogP contribution in [0.25, 0.3) is 0 Å². The van der Waals surface area contributed by atoms with Crippen molar-refractivity contribution in [2.24, 2.45) is 7.05 Å². The fourth-order valence-electron chi connectivity index (χ4n) is 1.89. The summed E-state index contributed by atoms with van der Waals surface area (Å²) in [5, 5.41) is 3.99. The summed E-state index contributed by atoms with van der Waals surface area (Å²) in [5.74, 6) is -1.78. The van der Waals surface area contributed by atoms with Gasteiger partial charge in [-0.25, -0.2) is 8.78 Å². The van der Waals surface area contributed by atoms with Crippen molar-refractivity contribution >= 4 is 5.78 Å². The van der Waals surface area contributed by atoms with Crippen molar-refractivity contribution in [1.82, 2.24) is 9.78 Å². The lowest BCUT2D eigenvalue weighted by Crippen LogP contribution is -2.07. The molecule has 3 nitrogen and oxygen atoms in total. The molecular formula is C14H14F2N2O. The Bertz CT molecular complexity index is 620. The van der Waals surface area contributed by atoms with Gasteiger partial charge in [0.05, 0.1) is 5.56 Å². The second-order valence-corrected chi connectivity index (χ2v) is 4.45. The molecule has 2 aromatic rings. The predicted octanol–water partition coefficient (Wildman–Crippen LogP) is 2.82. The highest BCUT2D eigenvalue weighted by Gasteiger charge is 2.15. The third-order valence-corrected chi connectivity index (χ3v) is 3.08. The maximum absolute atomic E-state index is 13.5. The molecule has 0 unspecified atom stereocenters. The fourth-order valence-corrected chi connectivity index (χ4v) is 1.89. The Kier molecular flexibility index (Phi) is 3.74. The van der Waals surface area contributed by atoms with Crippen LogP contribution in [0.2, 0.25) is 0 Å². The summed E-state index contributed by atoms with van der Waals surface area (Å²) >= 11 is 0. The molecule has 0 aliphatic heterocycles. The number of nitrogens with zero attached hydrogens (tertiary/aromatic N) is 2. The quantitative estimate of drug-likeness (QED) is 0.796. The number of aromatic nitrogens is 2. The normalized spacial score (nSPS) is 10.7. The van der Waals surface area contributed by atoms with E-state index in [-0.39, 0.29) is 23.3 Å². The van der Waals surface area contributed by atoms with Gasteiger partial charge < -0.3 is 0 Å². The minimum absolute atomic E-state index is 0.0546. The Morgan fingerprint density at radius 3 is 2.68 bits per heavy atom. The van der Waals surface area contributed by atoms with Crippen LogP contribution in [0.1, 0.15) is 28.0 Å². The van der Waals surface area contributed by atoms with Crippen LogP contribution in [-0.4, -0.2) is 15.6 Å². The summed E-state index contributed by atoms with van der Waals surface area (Å²) in [5.41, 5.74) is 1.11. The number of benzene rings is 1. The molecule has 0 aliphatic carbocycles. The monoisotopic (exact) mass is 264 g/mol. The van der Waals surface area contributed by atoms with Crippen LogP contribution in [0, 0.1) is 18.6 Å². The van der Waals surface area contributed by atoms with E-state index in [9.17, 15) is 13.6 Å². The number of hydrogen-bond donors (Lipinski definition) is 0. The highest BCUT2D eigenvalue weighted by atomic mass is 19.1. The summed E-state index contributed by atoms with van der Waals surface area (Å²) in [7, 11) is 1.78. The van der Waals surface area contributed by atoms with Gasteiger partial charge in [0.15, 0.2) is 5.78 Å². The molecule has 0 fully saturated rings. The van der Waals surface area contributed by atoms with Gasteiger partial charge in [0.25, 0.3) is 0 Å². The standard InChI is InChI=1S/C14H14F2N2O/c1-9-7-11(13(16)8-12(9)15)14(19)4-3-10-5-6-17-18(10)2/h5-8H,3-4H2,1-2H3. The number of aryl methyl sites for hydroxylation is 3. The van der Waals surface area contributed by atoms with E-state index in [0.29, 0.717) is 6.42 Å². The average Bonchev–Trinajstić information content (AvgIpc) is 2.76. The molecule has 0 radical (unpaired) electrons. The van der Waals surface area contributed by atoms with Crippen molar-refractivity contribution in [3.63, 3.8) is 0 Å². The van der Waals surface area contributed by atoms with Gasteiger partial charge in [0, 0.05) is 31.4 Å². The smallest absolute Gasteiger partial charge is 0.166 e. The molecule has 1 aromatic carbocycles. The van der Waals surface area contributed by atoms with E-state index < -0.39 is 11.6 Å². The molecule has 1 aromatic heterocycles. The van der Waals surface area contributed by atoms with Crippen LogP contribution in [0.4, 0.5) is 8.78 Å². The molecule has 0 spiro atoms. The van der Waals surface area contributed by atoms with Crippen molar-refractivity contribution < 1.29 is 13.6 Å². The lowest BCUT2D eigenvalue weighted by molar-refractivity contribution is 0.0978. The maximum atomic E-state index is 13.5. The zero-order valence-corrected chi connectivity index (χ0v) is 10.8. The first-order valence-corrected chi connectivity index (χ1v) is 5.94. The second-order valence-electron chi connectivity index (χ2n) is 4.45. The fraction of sp³-hybridized carbons (Fsp3) is 0.286. The molecule has 1 heterocycles. The van der Waals surface area contributed by atoms with Crippen molar-refractivity contribution in [1.29, 1.82) is 0 Å². The number of ketones is 1. The predicted molar refractivity (Wildman–Crippen MR) is 67.0 cm³/mol.